The predicted molar refractivity (Wildman–Crippen MR) is 83.3 cm³/mol. The minimum absolute atomic E-state index is 0.0616. The second-order valence-electron chi connectivity index (χ2n) is 6.78. The van der Waals surface area contributed by atoms with Gasteiger partial charge in [0.05, 0.1) is 17.1 Å². The Kier molecular flexibility index (Phi) is 3.92. The molecule has 1 N–H and O–H groups in total. The lowest BCUT2D eigenvalue weighted by Crippen LogP contribution is -2.49. The van der Waals surface area contributed by atoms with Gasteiger partial charge in [-0.25, -0.2) is 4.79 Å². The van der Waals surface area contributed by atoms with Crippen LogP contribution in [0.1, 0.15) is 50.1 Å². The molecule has 0 aromatic carbocycles. The molecule has 1 saturated carbocycles. The van der Waals surface area contributed by atoms with Crippen LogP contribution in [0.5, 0.6) is 0 Å². The van der Waals surface area contributed by atoms with Gasteiger partial charge in [0.2, 0.25) is 0 Å². The lowest BCUT2D eigenvalue weighted by Gasteiger charge is -2.27. The molecule has 1 aromatic rings. The van der Waals surface area contributed by atoms with E-state index in [0.717, 1.165) is 36.3 Å². The van der Waals surface area contributed by atoms with Crippen LogP contribution in [0.2, 0.25) is 0 Å². The number of imide groups is 1. The van der Waals surface area contributed by atoms with E-state index in [-0.39, 0.29) is 18.5 Å². The van der Waals surface area contributed by atoms with E-state index in [1.54, 1.807) is 0 Å². The fourth-order valence-electron chi connectivity index (χ4n) is 3.07. The van der Waals surface area contributed by atoms with Crippen LogP contribution in [-0.2, 0) is 11.3 Å². The third-order valence-electron chi connectivity index (χ3n) is 4.64. The van der Waals surface area contributed by atoms with Gasteiger partial charge in [0.15, 0.2) is 0 Å². The first-order chi connectivity index (χ1) is 10.4. The van der Waals surface area contributed by atoms with E-state index in [9.17, 15) is 9.59 Å². The molecule has 6 nitrogen and oxygen atoms in total. The number of nitrogens with one attached hydrogen (secondary N) is 1. The Morgan fingerprint density at radius 1 is 1.41 bits per heavy atom. The van der Waals surface area contributed by atoms with Gasteiger partial charge in [-0.05, 0) is 56.0 Å². The maximum atomic E-state index is 13.0. The Bertz CT molecular complexity index is 596. The Labute approximate surface area is 134 Å². The van der Waals surface area contributed by atoms with E-state index in [0.29, 0.717) is 11.8 Å². The van der Waals surface area contributed by atoms with E-state index in [4.69, 9.17) is 0 Å². The number of hydrogen-bond donors (Lipinski definition) is 1. The lowest BCUT2D eigenvalue weighted by molar-refractivity contribution is -0.132. The van der Waals surface area contributed by atoms with E-state index in [2.05, 4.69) is 28.8 Å². The fraction of sp³-hybridized carbons (Fsp3) is 0.733. The molecule has 3 amide bonds. The third kappa shape index (κ3) is 2.62. The number of rotatable bonds is 6. The molecule has 0 spiro atoms. The highest BCUT2D eigenvalue weighted by Gasteiger charge is 2.58. The highest BCUT2D eigenvalue weighted by molar-refractivity contribution is 7.05. The number of nitrogens with zero attached hydrogens (tertiary/aromatic N) is 3. The summed E-state index contributed by atoms with van der Waals surface area (Å²) in [6.07, 6.45) is 3.73. The van der Waals surface area contributed by atoms with Crippen LogP contribution in [0.4, 0.5) is 4.79 Å². The summed E-state index contributed by atoms with van der Waals surface area (Å²) in [5.74, 6) is 0.754. The first kappa shape index (κ1) is 15.4. The van der Waals surface area contributed by atoms with Gasteiger partial charge < -0.3 is 5.32 Å². The van der Waals surface area contributed by atoms with Crippen LogP contribution in [0, 0.1) is 18.8 Å². The average Bonchev–Trinajstić information content (AvgIpc) is 3.19. The summed E-state index contributed by atoms with van der Waals surface area (Å²) >= 11 is 1.25. The molecule has 3 rings (SSSR count). The topological polar surface area (TPSA) is 75.2 Å². The zero-order valence-corrected chi connectivity index (χ0v) is 14.1. The number of aromatic nitrogens is 2. The SMILES string of the molecule is Cc1nnsc1CN1C(=O)N[C@](CCC(C)C)(C2CC2)C1=O. The van der Waals surface area contributed by atoms with Crippen molar-refractivity contribution >= 4 is 23.5 Å². The van der Waals surface area contributed by atoms with Crippen LogP contribution in [0.15, 0.2) is 0 Å². The Morgan fingerprint density at radius 2 is 2.14 bits per heavy atom. The van der Waals surface area contributed by atoms with Crippen molar-refractivity contribution in [2.24, 2.45) is 11.8 Å². The molecule has 2 heterocycles. The Balaban J connectivity index is 1.81. The molecule has 1 aromatic heterocycles. The molecule has 0 bridgehead atoms. The number of amides is 3. The quantitative estimate of drug-likeness (QED) is 0.817. The lowest BCUT2D eigenvalue weighted by atomic mass is 9.85. The summed E-state index contributed by atoms with van der Waals surface area (Å²) in [5, 5.41) is 6.97. The predicted octanol–water partition coefficient (Wildman–Crippen LogP) is 2.48. The van der Waals surface area contributed by atoms with Crippen LogP contribution in [0.25, 0.3) is 0 Å². The number of carbonyl (C=O) groups excluding carboxylic acids is 2. The molecular formula is C15H22N4O2S. The molecular weight excluding hydrogens is 300 g/mol. The molecule has 2 aliphatic rings. The van der Waals surface area contributed by atoms with Crippen molar-refractivity contribution < 1.29 is 9.59 Å². The van der Waals surface area contributed by atoms with Crippen molar-refractivity contribution in [3.8, 4) is 0 Å². The second kappa shape index (κ2) is 5.61. The van der Waals surface area contributed by atoms with Gasteiger partial charge in [-0.2, -0.15) is 0 Å². The summed E-state index contributed by atoms with van der Waals surface area (Å²) < 4.78 is 3.88. The number of urea groups is 1. The van der Waals surface area contributed by atoms with Gasteiger partial charge in [-0.3, -0.25) is 9.69 Å². The maximum Gasteiger partial charge on any atom is 0.325 e. The fourth-order valence-corrected chi connectivity index (χ4v) is 3.69. The molecule has 1 aliphatic carbocycles. The maximum absolute atomic E-state index is 13.0. The summed E-state index contributed by atoms with van der Waals surface area (Å²) in [6, 6.07) is -0.270. The zero-order chi connectivity index (χ0) is 15.9. The zero-order valence-electron chi connectivity index (χ0n) is 13.3. The number of carbonyl (C=O) groups is 2. The van der Waals surface area contributed by atoms with Crippen molar-refractivity contribution in [1.82, 2.24) is 19.8 Å². The van der Waals surface area contributed by atoms with Crippen LogP contribution < -0.4 is 5.32 Å². The highest BCUT2D eigenvalue weighted by atomic mass is 32.1. The summed E-state index contributed by atoms with van der Waals surface area (Å²) in [4.78, 5) is 27.6. The first-order valence-electron chi connectivity index (χ1n) is 7.86. The smallest absolute Gasteiger partial charge is 0.323 e. The highest BCUT2D eigenvalue weighted by Crippen LogP contribution is 2.46. The van der Waals surface area contributed by atoms with Gasteiger partial charge in [0.25, 0.3) is 5.91 Å². The van der Waals surface area contributed by atoms with Crippen molar-refractivity contribution in [2.75, 3.05) is 0 Å². The molecule has 22 heavy (non-hydrogen) atoms. The Morgan fingerprint density at radius 3 is 2.68 bits per heavy atom. The summed E-state index contributed by atoms with van der Waals surface area (Å²) in [7, 11) is 0. The number of aryl methyl sites for hydroxylation is 1. The molecule has 1 aliphatic heterocycles. The molecule has 0 unspecified atom stereocenters. The summed E-state index contributed by atoms with van der Waals surface area (Å²) in [6.45, 7) is 6.42. The van der Waals surface area contributed by atoms with E-state index in [1.165, 1.54) is 16.4 Å². The minimum atomic E-state index is -0.673. The van der Waals surface area contributed by atoms with Crippen LogP contribution in [0.3, 0.4) is 0 Å². The van der Waals surface area contributed by atoms with E-state index >= 15 is 0 Å². The molecule has 7 heteroatoms. The van der Waals surface area contributed by atoms with Crippen molar-refractivity contribution in [2.45, 2.75) is 58.5 Å². The largest absolute Gasteiger partial charge is 0.325 e. The summed E-state index contributed by atoms with van der Waals surface area (Å²) in [5.41, 5.74) is 0.115. The van der Waals surface area contributed by atoms with E-state index < -0.39 is 5.54 Å². The normalized spacial score (nSPS) is 25.2. The molecule has 1 saturated heterocycles. The number of hydrogen-bond acceptors (Lipinski definition) is 5. The molecule has 1 atom stereocenters. The standard InChI is InChI=1S/C15H22N4O2S/c1-9(2)6-7-15(11-4-5-11)13(20)19(14(21)16-15)8-12-10(3)17-18-22-12/h9,11H,4-8H2,1-3H3,(H,16,21)/t15-/m1/s1. The third-order valence-corrected chi connectivity index (χ3v) is 5.45. The Hall–Kier alpha value is -1.50. The van der Waals surface area contributed by atoms with Crippen molar-refractivity contribution in [1.29, 1.82) is 0 Å². The average molecular weight is 322 g/mol. The van der Waals surface area contributed by atoms with Crippen molar-refractivity contribution in [3.05, 3.63) is 10.6 Å². The van der Waals surface area contributed by atoms with Gasteiger partial charge in [-0.1, -0.05) is 18.3 Å². The van der Waals surface area contributed by atoms with Gasteiger partial charge in [0.1, 0.15) is 5.54 Å². The molecule has 2 fully saturated rings. The molecule has 120 valence electrons. The minimum Gasteiger partial charge on any atom is -0.323 e. The molecule has 0 radical (unpaired) electrons. The van der Waals surface area contributed by atoms with E-state index in [1.807, 2.05) is 6.92 Å². The van der Waals surface area contributed by atoms with Gasteiger partial charge >= 0.3 is 6.03 Å². The first-order valence-corrected chi connectivity index (χ1v) is 8.63. The monoisotopic (exact) mass is 322 g/mol. The van der Waals surface area contributed by atoms with Crippen LogP contribution in [-0.4, -0.2) is 32.0 Å². The van der Waals surface area contributed by atoms with Gasteiger partial charge in [0, 0.05) is 0 Å². The van der Waals surface area contributed by atoms with Gasteiger partial charge in [-0.15, -0.1) is 5.10 Å². The van der Waals surface area contributed by atoms with Crippen LogP contribution >= 0.6 is 11.5 Å². The van der Waals surface area contributed by atoms with Crippen molar-refractivity contribution in [3.63, 3.8) is 0 Å². The second-order valence-corrected chi connectivity index (χ2v) is 7.62.